The first-order valence-corrected chi connectivity index (χ1v) is 7.26. The molecule has 1 atom stereocenters. The Balaban J connectivity index is 1.91. The second-order valence-electron chi connectivity index (χ2n) is 5.18. The van der Waals surface area contributed by atoms with Crippen LogP contribution in [0.25, 0.3) is 0 Å². The van der Waals surface area contributed by atoms with Crippen LogP contribution in [0.1, 0.15) is 37.7 Å². The van der Waals surface area contributed by atoms with E-state index in [1.54, 1.807) is 0 Å². The molecule has 1 aromatic heterocycles. The number of nitrogens with one attached hydrogen (secondary N) is 1. The monoisotopic (exact) mass is 270 g/mol. The number of hydrogen-bond donors (Lipinski definition) is 2. The van der Waals surface area contributed by atoms with Crippen molar-refractivity contribution in [2.24, 2.45) is 11.7 Å². The Kier molecular flexibility index (Phi) is 5.03. The molecule has 2 heterocycles. The van der Waals surface area contributed by atoms with Crippen molar-refractivity contribution in [3.63, 3.8) is 0 Å². The molecule has 4 nitrogen and oxygen atoms in total. The van der Waals surface area contributed by atoms with E-state index < -0.39 is 0 Å². The van der Waals surface area contributed by atoms with Gasteiger partial charge in [-0.15, -0.1) is 0 Å². The van der Waals surface area contributed by atoms with Crippen LogP contribution < -0.4 is 5.73 Å². The summed E-state index contributed by atoms with van der Waals surface area (Å²) in [6.45, 7) is 6.03. The molecular weight excluding hydrogens is 248 g/mol. The van der Waals surface area contributed by atoms with Crippen molar-refractivity contribution in [3.05, 3.63) is 16.7 Å². The molecule has 0 radical (unpaired) electrons. The van der Waals surface area contributed by atoms with E-state index >= 15 is 0 Å². The van der Waals surface area contributed by atoms with Crippen molar-refractivity contribution < 1.29 is 0 Å². The average molecular weight is 271 g/mol. The Morgan fingerprint density at radius 2 is 2.39 bits per heavy atom. The summed E-state index contributed by atoms with van der Waals surface area (Å²) in [4.78, 5) is 10.2. The second-order valence-corrected chi connectivity index (χ2v) is 5.54. The zero-order valence-corrected chi connectivity index (χ0v) is 11.8. The van der Waals surface area contributed by atoms with Crippen LogP contribution in [0.2, 0.25) is 5.15 Å². The molecule has 0 saturated carbocycles. The Morgan fingerprint density at radius 1 is 1.56 bits per heavy atom. The van der Waals surface area contributed by atoms with Gasteiger partial charge in [-0.2, -0.15) is 0 Å². The molecule has 1 fully saturated rings. The first-order chi connectivity index (χ1) is 8.72. The van der Waals surface area contributed by atoms with Gasteiger partial charge < -0.3 is 10.7 Å². The number of unbranched alkanes of at least 4 members (excludes halogenated alkanes) is 1. The van der Waals surface area contributed by atoms with Crippen LogP contribution in [-0.2, 0) is 13.0 Å². The molecule has 0 unspecified atom stereocenters. The topological polar surface area (TPSA) is 57.9 Å². The highest BCUT2D eigenvalue weighted by Crippen LogP contribution is 2.21. The van der Waals surface area contributed by atoms with Crippen molar-refractivity contribution in [2.45, 2.75) is 39.2 Å². The molecular formula is C13H23ClN4. The lowest BCUT2D eigenvalue weighted by molar-refractivity contribution is 0.314. The maximum atomic E-state index is 6.18. The molecule has 1 aromatic rings. The number of hydrogen-bond acceptors (Lipinski definition) is 3. The molecule has 0 bridgehead atoms. The summed E-state index contributed by atoms with van der Waals surface area (Å²) in [6, 6.07) is 0. The zero-order chi connectivity index (χ0) is 13.0. The third kappa shape index (κ3) is 3.46. The lowest BCUT2D eigenvalue weighted by atomic mass is 10.1. The molecule has 0 aliphatic carbocycles. The second kappa shape index (κ2) is 6.55. The summed E-state index contributed by atoms with van der Waals surface area (Å²) in [5.74, 6) is 1.66. The third-order valence-electron chi connectivity index (χ3n) is 3.63. The summed E-state index contributed by atoms with van der Waals surface area (Å²) in [6.07, 6.45) is 4.52. The van der Waals surface area contributed by atoms with Crippen molar-refractivity contribution in [3.8, 4) is 0 Å². The van der Waals surface area contributed by atoms with Crippen LogP contribution >= 0.6 is 11.6 Å². The molecule has 0 aromatic carbocycles. The number of nitrogens with zero attached hydrogens (tertiary/aromatic N) is 2. The number of rotatable bonds is 6. The van der Waals surface area contributed by atoms with Crippen molar-refractivity contribution in [1.82, 2.24) is 14.9 Å². The fraction of sp³-hybridized carbons (Fsp3) is 0.769. The number of aryl methyl sites for hydroxylation is 1. The van der Waals surface area contributed by atoms with E-state index in [0.717, 1.165) is 50.5 Å². The molecule has 1 aliphatic rings. The number of aromatic nitrogens is 2. The highest BCUT2D eigenvalue weighted by molar-refractivity contribution is 6.30. The minimum Gasteiger partial charge on any atom is -0.344 e. The first-order valence-electron chi connectivity index (χ1n) is 6.88. The van der Waals surface area contributed by atoms with E-state index in [1.165, 1.54) is 12.8 Å². The zero-order valence-electron chi connectivity index (χ0n) is 11.1. The summed E-state index contributed by atoms with van der Waals surface area (Å²) < 4.78 is 0. The van der Waals surface area contributed by atoms with Gasteiger partial charge >= 0.3 is 0 Å². The van der Waals surface area contributed by atoms with E-state index in [1.807, 2.05) is 0 Å². The van der Waals surface area contributed by atoms with Crippen LogP contribution in [0.4, 0.5) is 0 Å². The van der Waals surface area contributed by atoms with Crippen LogP contribution in [0, 0.1) is 5.92 Å². The first kappa shape index (κ1) is 13.8. The maximum absolute atomic E-state index is 6.18. The molecule has 1 aliphatic heterocycles. The Bertz CT molecular complexity index is 377. The quantitative estimate of drug-likeness (QED) is 0.833. The number of likely N-dealkylation sites (tertiary alicyclic amines) is 1. The van der Waals surface area contributed by atoms with Crippen LogP contribution in [0.3, 0.4) is 0 Å². The number of H-pyrrole nitrogens is 1. The molecule has 102 valence electrons. The smallest absolute Gasteiger partial charge is 0.151 e. The van der Waals surface area contributed by atoms with Crippen molar-refractivity contribution in [1.29, 1.82) is 0 Å². The number of aromatic amines is 1. The third-order valence-corrected chi connectivity index (χ3v) is 3.94. The SMILES string of the molecule is CCCCc1nc(Cl)c(CN2CC[C@@H](CN)C2)[nH]1. The van der Waals surface area contributed by atoms with Gasteiger partial charge in [0.1, 0.15) is 5.82 Å². The van der Waals surface area contributed by atoms with Gasteiger partial charge in [-0.1, -0.05) is 24.9 Å². The van der Waals surface area contributed by atoms with Crippen molar-refractivity contribution >= 4 is 11.6 Å². The predicted molar refractivity (Wildman–Crippen MR) is 74.6 cm³/mol. The van der Waals surface area contributed by atoms with E-state index in [2.05, 4.69) is 21.8 Å². The molecule has 0 spiro atoms. The van der Waals surface area contributed by atoms with Gasteiger partial charge in [-0.3, -0.25) is 4.90 Å². The summed E-state index contributed by atoms with van der Waals surface area (Å²) in [5.41, 5.74) is 6.76. The normalized spacial score (nSPS) is 20.7. The largest absolute Gasteiger partial charge is 0.344 e. The van der Waals surface area contributed by atoms with Crippen LogP contribution in [0.5, 0.6) is 0 Å². The van der Waals surface area contributed by atoms with E-state index in [9.17, 15) is 0 Å². The molecule has 3 N–H and O–H groups in total. The lowest BCUT2D eigenvalue weighted by Gasteiger charge is -2.14. The van der Waals surface area contributed by atoms with Gasteiger partial charge in [0.15, 0.2) is 5.15 Å². The Morgan fingerprint density at radius 3 is 3.06 bits per heavy atom. The van der Waals surface area contributed by atoms with Crippen LogP contribution in [-0.4, -0.2) is 34.5 Å². The van der Waals surface area contributed by atoms with E-state index in [0.29, 0.717) is 11.1 Å². The lowest BCUT2D eigenvalue weighted by Crippen LogP contribution is -2.23. The van der Waals surface area contributed by atoms with Gasteiger partial charge in [-0.05, 0) is 31.8 Å². The molecule has 1 saturated heterocycles. The van der Waals surface area contributed by atoms with Gasteiger partial charge in [0.05, 0.1) is 5.69 Å². The summed E-state index contributed by atoms with van der Waals surface area (Å²) in [7, 11) is 0. The number of nitrogens with two attached hydrogens (primary N) is 1. The number of imidazole rings is 1. The summed E-state index contributed by atoms with van der Waals surface area (Å²) in [5, 5.41) is 0.636. The van der Waals surface area contributed by atoms with Gasteiger partial charge in [-0.25, -0.2) is 4.98 Å². The fourth-order valence-electron chi connectivity index (χ4n) is 2.48. The highest BCUT2D eigenvalue weighted by atomic mass is 35.5. The van der Waals surface area contributed by atoms with Crippen LogP contribution in [0.15, 0.2) is 0 Å². The molecule has 18 heavy (non-hydrogen) atoms. The highest BCUT2D eigenvalue weighted by Gasteiger charge is 2.22. The minimum absolute atomic E-state index is 0.636. The van der Waals surface area contributed by atoms with Crippen molar-refractivity contribution in [2.75, 3.05) is 19.6 Å². The Hall–Kier alpha value is -0.580. The Labute approximate surface area is 114 Å². The van der Waals surface area contributed by atoms with E-state index in [-0.39, 0.29) is 0 Å². The minimum atomic E-state index is 0.636. The molecule has 2 rings (SSSR count). The standard InChI is InChI=1S/C13H23ClN4/c1-2-3-4-12-16-11(13(14)17-12)9-18-6-5-10(7-15)8-18/h10H,2-9,15H2,1H3,(H,16,17)/t10-/m0/s1. The van der Waals surface area contributed by atoms with Gasteiger partial charge in [0, 0.05) is 19.5 Å². The van der Waals surface area contributed by atoms with Gasteiger partial charge in [0.2, 0.25) is 0 Å². The average Bonchev–Trinajstić information content (AvgIpc) is 2.95. The molecule has 0 amide bonds. The maximum Gasteiger partial charge on any atom is 0.151 e. The number of halogens is 1. The van der Waals surface area contributed by atoms with Gasteiger partial charge in [0.25, 0.3) is 0 Å². The predicted octanol–water partition coefficient (Wildman–Crippen LogP) is 2.19. The molecule has 5 heteroatoms. The summed E-state index contributed by atoms with van der Waals surface area (Å²) >= 11 is 6.18. The van der Waals surface area contributed by atoms with E-state index in [4.69, 9.17) is 17.3 Å². The fourth-order valence-corrected chi connectivity index (χ4v) is 2.69.